The van der Waals surface area contributed by atoms with E-state index < -0.39 is 0 Å². The Kier molecular flexibility index (Phi) is 3.50. The Morgan fingerprint density at radius 2 is 2.38 bits per heavy atom. The zero-order valence-corrected chi connectivity index (χ0v) is 10.3. The fraction of sp³-hybridized carbons (Fsp3) is 0.917. The minimum atomic E-state index is -0.0491. The van der Waals surface area contributed by atoms with Crippen LogP contribution in [0.15, 0.2) is 0 Å². The number of hydrogen-bond donors (Lipinski definition) is 1. The van der Waals surface area contributed by atoms with Gasteiger partial charge in [0.25, 0.3) is 0 Å². The van der Waals surface area contributed by atoms with Crippen LogP contribution in [0.5, 0.6) is 0 Å². The van der Waals surface area contributed by atoms with Crippen molar-refractivity contribution >= 4 is 5.91 Å². The molecule has 92 valence electrons. The van der Waals surface area contributed by atoms with E-state index in [0.717, 1.165) is 39.0 Å². The second kappa shape index (κ2) is 4.72. The Hall–Kier alpha value is -0.610. The molecule has 4 heteroatoms. The lowest BCUT2D eigenvalue weighted by molar-refractivity contribution is -0.136. The van der Waals surface area contributed by atoms with Crippen LogP contribution in [-0.4, -0.2) is 48.7 Å². The molecule has 0 aromatic carbocycles. The summed E-state index contributed by atoms with van der Waals surface area (Å²) in [6.07, 6.45) is 3.48. The highest BCUT2D eigenvalue weighted by atomic mass is 16.5. The molecule has 1 atom stereocenters. The minimum Gasteiger partial charge on any atom is -0.376 e. The largest absolute Gasteiger partial charge is 0.376 e. The van der Waals surface area contributed by atoms with E-state index in [4.69, 9.17) is 4.74 Å². The first kappa shape index (κ1) is 11.9. The lowest BCUT2D eigenvalue weighted by atomic mass is 9.97. The molecule has 0 aromatic heterocycles. The Labute approximate surface area is 97.3 Å². The van der Waals surface area contributed by atoms with Crippen molar-refractivity contribution in [2.45, 2.75) is 44.8 Å². The smallest absolute Gasteiger partial charge is 0.237 e. The van der Waals surface area contributed by atoms with Crippen molar-refractivity contribution in [3.8, 4) is 0 Å². The summed E-state index contributed by atoms with van der Waals surface area (Å²) in [7, 11) is 0. The van der Waals surface area contributed by atoms with Crippen molar-refractivity contribution in [2.75, 3.05) is 26.2 Å². The van der Waals surface area contributed by atoms with Gasteiger partial charge in [-0.15, -0.1) is 0 Å². The molecule has 0 radical (unpaired) electrons. The molecule has 1 amide bonds. The van der Waals surface area contributed by atoms with E-state index in [1.165, 1.54) is 0 Å². The zero-order valence-electron chi connectivity index (χ0n) is 10.3. The maximum atomic E-state index is 12.0. The minimum absolute atomic E-state index is 0.0491. The molecular weight excluding hydrogens is 204 g/mol. The molecule has 4 nitrogen and oxygen atoms in total. The van der Waals surface area contributed by atoms with Crippen LogP contribution in [0.25, 0.3) is 0 Å². The predicted molar refractivity (Wildman–Crippen MR) is 62.3 cm³/mol. The van der Waals surface area contributed by atoms with Crippen molar-refractivity contribution in [1.29, 1.82) is 0 Å². The van der Waals surface area contributed by atoms with E-state index in [1.54, 1.807) is 0 Å². The molecule has 0 aliphatic carbocycles. The third-order valence-electron chi connectivity index (χ3n) is 3.63. The maximum absolute atomic E-state index is 12.0. The highest BCUT2D eigenvalue weighted by Gasteiger charge is 2.34. The monoisotopic (exact) mass is 226 g/mol. The average Bonchev–Trinajstić information content (AvgIpc) is 2.69. The fourth-order valence-electron chi connectivity index (χ4n) is 2.50. The van der Waals surface area contributed by atoms with Gasteiger partial charge in [0, 0.05) is 18.7 Å². The number of ether oxygens (including phenoxy) is 1. The first-order valence-corrected chi connectivity index (χ1v) is 6.22. The van der Waals surface area contributed by atoms with Crippen LogP contribution < -0.4 is 5.32 Å². The van der Waals surface area contributed by atoms with Crippen LogP contribution in [0.1, 0.15) is 33.1 Å². The van der Waals surface area contributed by atoms with Crippen LogP contribution in [0.3, 0.4) is 0 Å². The van der Waals surface area contributed by atoms with Gasteiger partial charge >= 0.3 is 0 Å². The number of nitrogens with zero attached hydrogens (tertiary/aromatic N) is 1. The Morgan fingerprint density at radius 1 is 1.56 bits per heavy atom. The molecule has 2 fully saturated rings. The molecule has 1 unspecified atom stereocenters. The topological polar surface area (TPSA) is 41.6 Å². The molecule has 2 heterocycles. The van der Waals surface area contributed by atoms with Crippen molar-refractivity contribution < 1.29 is 9.53 Å². The molecule has 0 saturated carbocycles. The second-order valence-corrected chi connectivity index (χ2v) is 5.38. The van der Waals surface area contributed by atoms with E-state index in [9.17, 15) is 4.79 Å². The van der Waals surface area contributed by atoms with Gasteiger partial charge in [0.15, 0.2) is 0 Å². The van der Waals surface area contributed by atoms with Gasteiger partial charge in [-0.2, -0.15) is 0 Å². The Balaban J connectivity index is 2.03. The van der Waals surface area contributed by atoms with Gasteiger partial charge in [0.05, 0.1) is 12.6 Å². The first-order chi connectivity index (χ1) is 7.59. The highest BCUT2D eigenvalue weighted by molar-refractivity contribution is 5.79. The zero-order chi connectivity index (χ0) is 11.6. The van der Waals surface area contributed by atoms with Crippen LogP contribution in [0.2, 0.25) is 0 Å². The van der Waals surface area contributed by atoms with Gasteiger partial charge in [0.1, 0.15) is 0 Å². The molecule has 0 aromatic rings. The quantitative estimate of drug-likeness (QED) is 0.756. The third-order valence-corrected chi connectivity index (χ3v) is 3.63. The molecule has 0 spiro atoms. The number of nitrogens with one attached hydrogen (secondary N) is 1. The number of carbonyl (C=O) groups excluding carboxylic acids is 1. The summed E-state index contributed by atoms with van der Waals surface area (Å²) in [6.45, 7) is 7.29. The van der Waals surface area contributed by atoms with Crippen molar-refractivity contribution in [3.05, 3.63) is 0 Å². The maximum Gasteiger partial charge on any atom is 0.237 e. The molecule has 1 N–H and O–H groups in total. The van der Waals surface area contributed by atoms with Crippen LogP contribution in [-0.2, 0) is 9.53 Å². The predicted octanol–water partition coefficient (Wildman–Crippen LogP) is 0.766. The van der Waals surface area contributed by atoms with Gasteiger partial charge < -0.3 is 15.0 Å². The standard InChI is InChI=1S/C12H22N2O2/c1-12(2)5-6-13-8-11(15)14(12)9-10-4-3-7-16-10/h10,13H,3-9H2,1-2H3. The molecule has 0 bridgehead atoms. The van der Waals surface area contributed by atoms with Gasteiger partial charge in [-0.05, 0) is 39.7 Å². The lowest BCUT2D eigenvalue weighted by Gasteiger charge is -2.38. The van der Waals surface area contributed by atoms with E-state index in [0.29, 0.717) is 6.54 Å². The SMILES string of the molecule is CC1(C)CCNCC(=O)N1CC1CCCO1. The van der Waals surface area contributed by atoms with Crippen LogP contribution in [0, 0.1) is 0 Å². The Bertz CT molecular complexity index is 260. The number of amides is 1. The van der Waals surface area contributed by atoms with E-state index in [1.807, 2.05) is 4.90 Å². The van der Waals surface area contributed by atoms with Gasteiger partial charge in [0.2, 0.25) is 5.91 Å². The summed E-state index contributed by atoms with van der Waals surface area (Å²) in [4.78, 5) is 14.0. The summed E-state index contributed by atoms with van der Waals surface area (Å²) >= 11 is 0. The van der Waals surface area contributed by atoms with Crippen LogP contribution >= 0.6 is 0 Å². The molecule has 16 heavy (non-hydrogen) atoms. The summed E-state index contributed by atoms with van der Waals surface area (Å²) in [5.74, 6) is 0.206. The summed E-state index contributed by atoms with van der Waals surface area (Å²) in [5.41, 5.74) is -0.0491. The van der Waals surface area contributed by atoms with Gasteiger partial charge in [-0.3, -0.25) is 4.79 Å². The Morgan fingerprint density at radius 3 is 3.06 bits per heavy atom. The van der Waals surface area contributed by atoms with Gasteiger partial charge in [-0.1, -0.05) is 0 Å². The third kappa shape index (κ3) is 2.55. The first-order valence-electron chi connectivity index (χ1n) is 6.22. The number of carbonyl (C=O) groups is 1. The molecular formula is C12H22N2O2. The molecule has 2 saturated heterocycles. The van der Waals surface area contributed by atoms with E-state index in [-0.39, 0.29) is 17.6 Å². The number of hydrogen-bond acceptors (Lipinski definition) is 3. The van der Waals surface area contributed by atoms with Crippen molar-refractivity contribution in [2.24, 2.45) is 0 Å². The molecule has 2 aliphatic rings. The van der Waals surface area contributed by atoms with Gasteiger partial charge in [-0.25, -0.2) is 0 Å². The van der Waals surface area contributed by atoms with Crippen molar-refractivity contribution in [1.82, 2.24) is 10.2 Å². The highest BCUT2D eigenvalue weighted by Crippen LogP contribution is 2.23. The molecule has 2 aliphatic heterocycles. The normalized spacial score (nSPS) is 30.5. The summed E-state index contributed by atoms with van der Waals surface area (Å²) < 4.78 is 5.62. The lowest BCUT2D eigenvalue weighted by Crippen LogP contribution is -2.50. The second-order valence-electron chi connectivity index (χ2n) is 5.38. The van der Waals surface area contributed by atoms with E-state index in [2.05, 4.69) is 19.2 Å². The summed E-state index contributed by atoms with van der Waals surface area (Å²) in [5, 5.41) is 3.18. The van der Waals surface area contributed by atoms with Crippen molar-refractivity contribution in [3.63, 3.8) is 0 Å². The molecule has 2 rings (SSSR count). The summed E-state index contributed by atoms with van der Waals surface area (Å²) in [6, 6.07) is 0. The van der Waals surface area contributed by atoms with E-state index >= 15 is 0 Å². The van der Waals surface area contributed by atoms with Crippen LogP contribution in [0.4, 0.5) is 0 Å². The number of rotatable bonds is 2. The average molecular weight is 226 g/mol. The fourth-order valence-corrected chi connectivity index (χ4v) is 2.50.